The standard InChI is InChI=1S/C9H17N3OS/c1-7(2)9(5-13-3)10-4-8-6-14-12-11-8/h6-7,9-10H,4-5H2,1-3H3. The number of hydrogen-bond acceptors (Lipinski definition) is 5. The van der Waals surface area contributed by atoms with Crippen LogP contribution in [-0.4, -0.2) is 29.3 Å². The van der Waals surface area contributed by atoms with Gasteiger partial charge in [-0.05, 0) is 17.5 Å². The molecule has 80 valence electrons. The molecular weight excluding hydrogens is 198 g/mol. The number of nitrogens with zero attached hydrogens (tertiary/aromatic N) is 2. The molecule has 1 atom stereocenters. The van der Waals surface area contributed by atoms with Crippen molar-refractivity contribution in [2.75, 3.05) is 13.7 Å². The molecule has 0 saturated carbocycles. The van der Waals surface area contributed by atoms with Crippen LogP contribution >= 0.6 is 11.5 Å². The molecule has 0 bridgehead atoms. The summed E-state index contributed by atoms with van der Waals surface area (Å²) >= 11 is 1.38. The third-order valence-electron chi connectivity index (χ3n) is 2.10. The lowest BCUT2D eigenvalue weighted by atomic mass is 10.1. The summed E-state index contributed by atoms with van der Waals surface area (Å²) in [7, 11) is 1.72. The highest BCUT2D eigenvalue weighted by Gasteiger charge is 2.12. The lowest BCUT2D eigenvalue weighted by molar-refractivity contribution is 0.146. The quantitative estimate of drug-likeness (QED) is 0.777. The van der Waals surface area contributed by atoms with E-state index in [2.05, 4.69) is 28.8 Å². The predicted octanol–water partition coefficient (Wildman–Crippen LogP) is 1.30. The third kappa shape index (κ3) is 3.69. The second-order valence-corrected chi connectivity index (χ2v) is 4.19. The lowest BCUT2D eigenvalue weighted by Gasteiger charge is -2.20. The van der Waals surface area contributed by atoms with Gasteiger partial charge in [-0.3, -0.25) is 0 Å². The van der Waals surface area contributed by atoms with Gasteiger partial charge in [0.1, 0.15) is 0 Å². The van der Waals surface area contributed by atoms with Gasteiger partial charge in [0.25, 0.3) is 0 Å². The van der Waals surface area contributed by atoms with Crippen LogP contribution in [0.2, 0.25) is 0 Å². The van der Waals surface area contributed by atoms with Crippen molar-refractivity contribution in [3.05, 3.63) is 11.1 Å². The fourth-order valence-electron chi connectivity index (χ4n) is 1.16. The maximum absolute atomic E-state index is 5.14. The van der Waals surface area contributed by atoms with E-state index >= 15 is 0 Å². The van der Waals surface area contributed by atoms with Crippen molar-refractivity contribution >= 4 is 11.5 Å². The maximum Gasteiger partial charge on any atom is 0.0893 e. The fourth-order valence-corrected chi connectivity index (χ4v) is 1.61. The normalized spacial score (nSPS) is 13.4. The van der Waals surface area contributed by atoms with E-state index in [-0.39, 0.29) is 0 Å². The summed E-state index contributed by atoms with van der Waals surface area (Å²) in [5.41, 5.74) is 0.997. The van der Waals surface area contributed by atoms with Gasteiger partial charge in [0.15, 0.2) is 0 Å². The van der Waals surface area contributed by atoms with Crippen LogP contribution < -0.4 is 5.32 Å². The molecular formula is C9H17N3OS. The first-order chi connectivity index (χ1) is 6.74. The fraction of sp³-hybridized carbons (Fsp3) is 0.778. The molecule has 5 heteroatoms. The first kappa shape index (κ1) is 11.6. The van der Waals surface area contributed by atoms with Crippen LogP contribution in [0.3, 0.4) is 0 Å². The summed E-state index contributed by atoms with van der Waals surface area (Å²) in [4.78, 5) is 0. The van der Waals surface area contributed by atoms with Crippen molar-refractivity contribution in [1.29, 1.82) is 0 Å². The average molecular weight is 215 g/mol. The molecule has 1 heterocycles. The summed E-state index contributed by atoms with van der Waals surface area (Å²) in [6.45, 7) is 5.85. The number of rotatable bonds is 6. The van der Waals surface area contributed by atoms with Crippen LogP contribution in [-0.2, 0) is 11.3 Å². The predicted molar refractivity (Wildman–Crippen MR) is 57.3 cm³/mol. The molecule has 0 aliphatic carbocycles. The third-order valence-corrected chi connectivity index (χ3v) is 2.65. The number of nitrogens with one attached hydrogen (secondary N) is 1. The number of aromatic nitrogens is 2. The molecule has 0 aliphatic heterocycles. The highest BCUT2D eigenvalue weighted by molar-refractivity contribution is 7.03. The van der Waals surface area contributed by atoms with Crippen molar-refractivity contribution in [3.63, 3.8) is 0 Å². The molecule has 1 aromatic rings. The number of methoxy groups -OCH3 is 1. The molecule has 0 saturated heterocycles. The Kier molecular flexibility index (Phi) is 5.00. The van der Waals surface area contributed by atoms with Crippen molar-refractivity contribution in [1.82, 2.24) is 14.9 Å². The van der Waals surface area contributed by atoms with Crippen LogP contribution in [0, 0.1) is 5.92 Å². The van der Waals surface area contributed by atoms with Crippen LogP contribution in [0.15, 0.2) is 5.38 Å². The van der Waals surface area contributed by atoms with Gasteiger partial charge in [-0.15, -0.1) is 5.10 Å². The molecule has 4 nitrogen and oxygen atoms in total. The highest BCUT2D eigenvalue weighted by Crippen LogP contribution is 2.04. The largest absolute Gasteiger partial charge is 0.383 e. The zero-order valence-corrected chi connectivity index (χ0v) is 9.67. The minimum atomic E-state index is 0.377. The Morgan fingerprint density at radius 2 is 2.36 bits per heavy atom. The van der Waals surface area contributed by atoms with Gasteiger partial charge in [0.2, 0.25) is 0 Å². The topological polar surface area (TPSA) is 47.0 Å². The Balaban J connectivity index is 2.33. The van der Waals surface area contributed by atoms with Gasteiger partial charge in [0.05, 0.1) is 12.3 Å². The Bertz CT molecular complexity index is 238. The van der Waals surface area contributed by atoms with Crippen molar-refractivity contribution in [3.8, 4) is 0 Å². The van der Waals surface area contributed by atoms with Crippen LogP contribution in [0.1, 0.15) is 19.5 Å². The van der Waals surface area contributed by atoms with E-state index in [4.69, 9.17) is 4.74 Å². The monoisotopic (exact) mass is 215 g/mol. The first-order valence-corrected chi connectivity index (χ1v) is 5.56. The molecule has 1 unspecified atom stereocenters. The minimum Gasteiger partial charge on any atom is -0.383 e. The summed E-state index contributed by atoms with van der Waals surface area (Å²) in [6.07, 6.45) is 0. The van der Waals surface area contributed by atoms with E-state index in [1.165, 1.54) is 11.5 Å². The van der Waals surface area contributed by atoms with Gasteiger partial charge in [-0.2, -0.15) is 0 Å². The summed E-state index contributed by atoms with van der Waals surface area (Å²) in [5, 5.41) is 9.33. The van der Waals surface area contributed by atoms with E-state index in [0.717, 1.165) is 18.8 Å². The van der Waals surface area contributed by atoms with Crippen molar-refractivity contribution in [2.24, 2.45) is 5.92 Å². The molecule has 0 fully saturated rings. The highest BCUT2D eigenvalue weighted by atomic mass is 32.1. The molecule has 0 radical (unpaired) electrons. The molecule has 0 amide bonds. The molecule has 1 N–H and O–H groups in total. The first-order valence-electron chi connectivity index (χ1n) is 4.72. The Morgan fingerprint density at radius 3 is 2.86 bits per heavy atom. The Hall–Kier alpha value is -0.520. The van der Waals surface area contributed by atoms with Crippen molar-refractivity contribution < 1.29 is 4.74 Å². The molecule has 14 heavy (non-hydrogen) atoms. The van der Waals surface area contributed by atoms with Gasteiger partial charge < -0.3 is 10.1 Å². The summed E-state index contributed by atoms with van der Waals surface area (Å²) in [6, 6.07) is 0.377. The summed E-state index contributed by atoms with van der Waals surface area (Å²) < 4.78 is 8.95. The smallest absolute Gasteiger partial charge is 0.0893 e. The molecule has 0 aromatic carbocycles. The van der Waals surface area contributed by atoms with Crippen molar-refractivity contribution in [2.45, 2.75) is 26.4 Å². The van der Waals surface area contributed by atoms with Gasteiger partial charge in [-0.25, -0.2) is 0 Å². The zero-order chi connectivity index (χ0) is 10.4. The Labute approximate surface area is 88.8 Å². The molecule has 1 aromatic heterocycles. The molecule has 1 rings (SSSR count). The van der Waals surface area contributed by atoms with Crippen LogP contribution in [0.25, 0.3) is 0 Å². The van der Waals surface area contributed by atoms with Gasteiger partial charge in [-0.1, -0.05) is 18.3 Å². The zero-order valence-electron chi connectivity index (χ0n) is 8.86. The minimum absolute atomic E-state index is 0.377. The second-order valence-electron chi connectivity index (χ2n) is 3.58. The Morgan fingerprint density at radius 1 is 1.57 bits per heavy atom. The maximum atomic E-state index is 5.14. The van der Waals surface area contributed by atoms with E-state index in [0.29, 0.717) is 12.0 Å². The van der Waals surface area contributed by atoms with Gasteiger partial charge in [0, 0.05) is 25.1 Å². The summed E-state index contributed by atoms with van der Waals surface area (Å²) in [5.74, 6) is 0.557. The van der Waals surface area contributed by atoms with E-state index in [1.54, 1.807) is 7.11 Å². The van der Waals surface area contributed by atoms with E-state index in [9.17, 15) is 0 Å². The lowest BCUT2D eigenvalue weighted by Crippen LogP contribution is -2.37. The number of hydrogen-bond donors (Lipinski definition) is 1. The molecule has 0 aliphatic rings. The molecule has 0 spiro atoms. The van der Waals surface area contributed by atoms with Gasteiger partial charge >= 0.3 is 0 Å². The van der Waals surface area contributed by atoms with E-state index < -0.39 is 0 Å². The second kappa shape index (κ2) is 6.06. The van der Waals surface area contributed by atoms with E-state index in [1.807, 2.05) is 5.38 Å². The van der Waals surface area contributed by atoms with Crippen LogP contribution in [0.5, 0.6) is 0 Å². The average Bonchev–Trinajstić information content (AvgIpc) is 2.64. The SMILES string of the molecule is COCC(NCc1csnn1)C(C)C. The number of ether oxygens (including phenoxy) is 1. The van der Waals surface area contributed by atoms with Crippen LogP contribution in [0.4, 0.5) is 0 Å².